The van der Waals surface area contributed by atoms with E-state index in [1.807, 2.05) is 6.92 Å². The molecule has 6 heteroatoms. The van der Waals surface area contributed by atoms with Crippen LogP contribution in [0.25, 0.3) is 0 Å². The quantitative estimate of drug-likeness (QED) is 0.903. The van der Waals surface area contributed by atoms with E-state index in [1.165, 1.54) is 12.4 Å². The van der Waals surface area contributed by atoms with Crippen LogP contribution >= 0.6 is 0 Å². The molecule has 0 saturated heterocycles. The van der Waals surface area contributed by atoms with Crippen molar-refractivity contribution in [3.63, 3.8) is 0 Å². The van der Waals surface area contributed by atoms with Crippen molar-refractivity contribution < 1.29 is 14.3 Å². The summed E-state index contributed by atoms with van der Waals surface area (Å²) in [4.78, 5) is 19.9. The summed E-state index contributed by atoms with van der Waals surface area (Å²) >= 11 is 0. The summed E-state index contributed by atoms with van der Waals surface area (Å²) in [6.07, 6.45) is 1.30. The Kier molecular flexibility index (Phi) is 4.49. The van der Waals surface area contributed by atoms with E-state index < -0.39 is 0 Å². The van der Waals surface area contributed by atoms with Crippen LogP contribution in [-0.2, 0) is 0 Å². The minimum atomic E-state index is -0.332. The second-order valence-electron chi connectivity index (χ2n) is 3.86. The lowest BCUT2D eigenvalue weighted by Gasteiger charge is -2.07. The maximum absolute atomic E-state index is 12.1. The number of nitrogens with one attached hydrogen (secondary N) is 1. The Hall–Kier alpha value is -2.63. The molecule has 0 radical (unpaired) electrons. The van der Waals surface area contributed by atoms with E-state index >= 15 is 0 Å². The van der Waals surface area contributed by atoms with E-state index in [0.29, 0.717) is 23.9 Å². The fraction of sp³-hybridized carbons (Fsp3) is 0.214. The molecule has 1 heterocycles. The van der Waals surface area contributed by atoms with Gasteiger partial charge in [-0.05, 0) is 19.1 Å². The topological polar surface area (TPSA) is 73.3 Å². The van der Waals surface area contributed by atoms with E-state index in [2.05, 4.69) is 15.3 Å². The van der Waals surface area contributed by atoms with Gasteiger partial charge < -0.3 is 14.8 Å². The minimum absolute atomic E-state index is 0.242. The summed E-state index contributed by atoms with van der Waals surface area (Å²) in [5.74, 6) is 0.709. The lowest BCUT2D eigenvalue weighted by molar-refractivity contribution is 0.102. The zero-order valence-corrected chi connectivity index (χ0v) is 11.3. The third kappa shape index (κ3) is 3.44. The van der Waals surface area contributed by atoms with Gasteiger partial charge in [-0.2, -0.15) is 0 Å². The zero-order valence-electron chi connectivity index (χ0n) is 11.3. The first kappa shape index (κ1) is 13.8. The Morgan fingerprint density at radius 3 is 2.90 bits per heavy atom. The van der Waals surface area contributed by atoms with Gasteiger partial charge in [0.2, 0.25) is 5.88 Å². The van der Waals surface area contributed by atoms with Crippen LogP contribution < -0.4 is 14.8 Å². The molecule has 0 aliphatic carbocycles. The fourth-order valence-electron chi connectivity index (χ4n) is 1.59. The number of benzene rings is 1. The molecule has 0 fully saturated rings. The van der Waals surface area contributed by atoms with Crippen molar-refractivity contribution in [1.29, 1.82) is 0 Å². The number of amides is 1. The molecule has 0 aliphatic rings. The Bertz CT molecular complexity index is 602. The molecule has 6 nitrogen and oxygen atoms in total. The molecule has 0 unspecified atom stereocenters. The number of methoxy groups -OCH3 is 1. The highest BCUT2D eigenvalue weighted by molar-refractivity contribution is 6.03. The van der Waals surface area contributed by atoms with Gasteiger partial charge in [0, 0.05) is 17.8 Å². The summed E-state index contributed by atoms with van der Waals surface area (Å²) in [5.41, 5.74) is 0.872. The average molecular weight is 273 g/mol. The lowest BCUT2D eigenvalue weighted by Crippen LogP contribution is -2.14. The van der Waals surface area contributed by atoms with Crippen molar-refractivity contribution in [2.24, 2.45) is 0 Å². The molecule has 0 aliphatic heterocycles. The molecular weight excluding hydrogens is 258 g/mol. The molecular formula is C14H15N3O3. The van der Waals surface area contributed by atoms with E-state index in [1.54, 1.807) is 31.4 Å². The number of anilines is 1. The number of carbonyl (C=O) groups is 1. The molecule has 1 N–H and O–H groups in total. The fourth-order valence-corrected chi connectivity index (χ4v) is 1.59. The van der Waals surface area contributed by atoms with Crippen LogP contribution in [0.4, 0.5) is 5.69 Å². The van der Waals surface area contributed by atoms with Crippen molar-refractivity contribution in [2.75, 3.05) is 19.0 Å². The number of carbonyl (C=O) groups excluding carboxylic acids is 1. The van der Waals surface area contributed by atoms with Gasteiger partial charge in [-0.1, -0.05) is 6.07 Å². The van der Waals surface area contributed by atoms with Gasteiger partial charge in [-0.15, -0.1) is 0 Å². The van der Waals surface area contributed by atoms with Crippen LogP contribution in [0.3, 0.4) is 0 Å². The van der Waals surface area contributed by atoms with Gasteiger partial charge in [0.25, 0.3) is 5.91 Å². The predicted octanol–water partition coefficient (Wildman–Crippen LogP) is 2.14. The third-order valence-corrected chi connectivity index (χ3v) is 2.49. The van der Waals surface area contributed by atoms with Gasteiger partial charge >= 0.3 is 0 Å². The predicted molar refractivity (Wildman–Crippen MR) is 74.1 cm³/mol. The highest BCUT2D eigenvalue weighted by Gasteiger charge is 2.10. The highest BCUT2D eigenvalue weighted by atomic mass is 16.5. The maximum atomic E-state index is 12.1. The molecule has 0 saturated carbocycles. The first-order chi connectivity index (χ1) is 9.72. The molecule has 2 aromatic rings. The molecule has 1 aromatic heterocycles. The van der Waals surface area contributed by atoms with E-state index in [-0.39, 0.29) is 11.6 Å². The Morgan fingerprint density at radius 2 is 2.15 bits per heavy atom. The smallest absolute Gasteiger partial charge is 0.274 e. The third-order valence-electron chi connectivity index (χ3n) is 2.49. The van der Waals surface area contributed by atoms with Crippen molar-refractivity contribution in [2.45, 2.75) is 6.92 Å². The van der Waals surface area contributed by atoms with Crippen LogP contribution in [-0.4, -0.2) is 29.6 Å². The average Bonchev–Trinajstić information content (AvgIpc) is 2.48. The second-order valence-corrected chi connectivity index (χ2v) is 3.86. The summed E-state index contributed by atoms with van der Waals surface area (Å²) < 4.78 is 10.3. The molecule has 104 valence electrons. The molecule has 0 bridgehead atoms. The number of aromatic nitrogens is 2. The van der Waals surface area contributed by atoms with E-state index in [4.69, 9.17) is 9.47 Å². The maximum Gasteiger partial charge on any atom is 0.274 e. The van der Waals surface area contributed by atoms with E-state index in [9.17, 15) is 4.79 Å². The summed E-state index contributed by atoms with van der Waals surface area (Å²) in [5, 5.41) is 2.74. The van der Waals surface area contributed by atoms with Crippen molar-refractivity contribution in [3.8, 4) is 11.6 Å². The summed E-state index contributed by atoms with van der Waals surface area (Å²) in [7, 11) is 1.57. The standard InChI is InChI=1S/C14H15N3O3/c1-3-20-13-8-12(15-9-16-13)14(18)17-10-5-4-6-11(7-10)19-2/h4-9H,3H2,1-2H3,(H,17,18). The van der Waals surface area contributed by atoms with E-state index in [0.717, 1.165) is 0 Å². The monoisotopic (exact) mass is 273 g/mol. The number of ether oxygens (including phenoxy) is 2. The number of nitrogens with zero attached hydrogens (tertiary/aromatic N) is 2. The molecule has 1 aromatic carbocycles. The molecule has 1 amide bonds. The Morgan fingerprint density at radius 1 is 1.30 bits per heavy atom. The number of hydrogen-bond donors (Lipinski definition) is 1. The second kappa shape index (κ2) is 6.51. The van der Waals surface area contributed by atoms with Gasteiger partial charge in [-0.3, -0.25) is 4.79 Å². The molecule has 0 spiro atoms. The summed E-state index contributed by atoms with van der Waals surface area (Å²) in [6.45, 7) is 2.33. The van der Waals surface area contributed by atoms with Crippen LogP contribution in [0.5, 0.6) is 11.6 Å². The largest absolute Gasteiger partial charge is 0.497 e. The van der Waals surface area contributed by atoms with Crippen LogP contribution in [0.15, 0.2) is 36.7 Å². The lowest BCUT2D eigenvalue weighted by atomic mass is 10.3. The first-order valence-electron chi connectivity index (χ1n) is 6.13. The number of rotatable bonds is 5. The Balaban J connectivity index is 2.12. The van der Waals surface area contributed by atoms with Gasteiger partial charge in [0.05, 0.1) is 13.7 Å². The van der Waals surface area contributed by atoms with Crippen molar-refractivity contribution in [3.05, 3.63) is 42.4 Å². The molecule has 0 atom stereocenters. The van der Waals surface area contributed by atoms with Crippen molar-refractivity contribution in [1.82, 2.24) is 9.97 Å². The SMILES string of the molecule is CCOc1cc(C(=O)Nc2cccc(OC)c2)ncn1. The van der Waals surface area contributed by atoms with Gasteiger partial charge in [-0.25, -0.2) is 9.97 Å². The van der Waals surface area contributed by atoms with Crippen LogP contribution in [0.1, 0.15) is 17.4 Å². The van der Waals surface area contributed by atoms with Crippen LogP contribution in [0.2, 0.25) is 0 Å². The van der Waals surface area contributed by atoms with Gasteiger partial charge in [0.1, 0.15) is 17.8 Å². The van der Waals surface area contributed by atoms with Crippen LogP contribution in [0, 0.1) is 0 Å². The summed E-state index contributed by atoms with van der Waals surface area (Å²) in [6, 6.07) is 8.58. The zero-order chi connectivity index (χ0) is 14.4. The number of hydrogen-bond acceptors (Lipinski definition) is 5. The Labute approximate surface area is 116 Å². The minimum Gasteiger partial charge on any atom is -0.497 e. The molecule has 20 heavy (non-hydrogen) atoms. The highest BCUT2D eigenvalue weighted by Crippen LogP contribution is 2.17. The van der Waals surface area contributed by atoms with Gasteiger partial charge in [0.15, 0.2) is 0 Å². The van der Waals surface area contributed by atoms with Crippen molar-refractivity contribution >= 4 is 11.6 Å². The normalized spacial score (nSPS) is 9.90. The molecule has 2 rings (SSSR count). The first-order valence-corrected chi connectivity index (χ1v) is 6.13.